The number of nitrogens with one attached hydrogen (secondary N) is 1. The minimum Gasteiger partial charge on any atom is -0.469 e. The third-order valence-electron chi connectivity index (χ3n) is 3.36. The molecule has 7 heteroatoms. The number of esters is 1. The summed E-state index contributed by atoms with van der Waals surface area (Å²) in [5.74, 6) is -2.87. The molecule has 2 unspecified atom stereocenters. The molecule has 1 rings (SSSR count). The number of amides is 1. The van der Waals surface area contributed by atoms with Crippen molar-refractivity contribution in [2.75, 3.05) is 13.7 Å². The Bertz CT molecular complexity index is 331. The van der Waals surface area contributed by atoms with Crippen LogP contribution in [0.1, 0.15) is 32.1 Å². The van der Waals surface area contributed by atoms with Gasteiger partial charge in [-0.1, -0.05) is 6.42 Å². The number of hydrogen-bond donors (Lipinski definition) is 1. The molecule has 1 saturated carbocycles. The molecule has 0 spiro atoms. The van der Waals surface area contributed by atoms with Gasteiger partial charge in [-0.15, -0.1) is 0 Å². The van der Waals surface area contributed by atoms with Crippen molar-refractivity contribution >= 4 is 11.9 Å². The van der Waals surface area contributed by atoms with Crippen molar-refractivity contribution in [1.29, 1.82) is 0 Å². The molecule has 0 aromatic heterocycles. The summed E-state index contributed by atoms with van der Waals surface area (Å²) in [6.45, 7) is 0.0959. The number of halogens is 3. The van der Waals surface area contributed by atoms with E-state index in [4.69, 9.17) is 0 Å². The number of ether oxygens (including phenoxy) is 1. The monoisotopic (exact) mass is 281 g/mol. The summed E-state index contributed by atoms with van der Waals surface area (Å²) in [5, 5.41) is 2.48. The second-order valence-corrected chi connectivity index (χ2v) is 4.72. The summed E-state index contributed by atoms with van der Waals surface area (Å²) in [6, 6.07) is 0. The Balaban J connectivity index is 2.38. The van der Waals surface area contributed by atoms with E-state index < -0.39 is 29.9 Å². The van der Waals surface area contributed by atoms with Gasteiger partial charge >= 0.3 is 12.1 Å². The van der Waals surface area contributed by atoms with Crippen LogP contribution in [0.25, 0.3) is 0 Å². The average molecular weight is 281 g/mol. The molecule has 110 valence electrons. The Morgan fingerprint density at radius 1 is 1.32 bits per heavy atom. The lowest BCUT2D eigenvalue weighted by Crippen LogP contribution is -2.38. The molecule has 0 aromatic rings. The summed E-state index contributed by atoms with van der Waals surface area (Å²) in [5.41, 5.74) is 0. The van der Waals surface area contributed by atoms with Crippen molar-refractivity contribution in [3.63, 3.8) is 0 Å². The van der Waals surface area contributed by atoms with Crippen LogP contribution < -0.4 is 5.32 Å². The van der Waals surface area contributed by atoms with E-state index in [-0.39, 0.29) is 25.8 Å². The molecule has 0 aromatic carbocycles. The van der Waals surface area contributed by atoms with Crippen molar-refractivity contribution in [1.82, 2.24) is 5.32 Å². The second kappa shape index (κ2) is 6.77. The van der Waals surface area contributed by atoms with Gasteiger partial charge in [-0.05, 0) is 19.3 Å². The zero-order valence-electron chi connectivity index (χ0n) is 10.8. The first-order valence-electron chi connectivity index (χ1n) is 6.26. The van der Waals surface area contributed by atoms with E-state index in [2.05, 4.69) is 10.1 Å². The molecule has 4 nitrogen and oxygen atoms in total. The molecule has 2 atom stereocenters. The van der Waals surface area contributed by atoms with Crippen LogP contribution >= 0.6 is 0 Å². The maximum Gasteiger partial charge on any atom is 0.391 e. The highest BCUT2D eigenvalue weighted by atomic mass is 19.4. The molecule has 1 fully saturated rings. The highest BCUT2D eigenvalue weighted by molar-refractivity contribution is 5.79. The molecule has 1 amide bonds. The van der Waals surface area contributed by atoms with Crippen molar-refractivity contribution in [2.24, 2.45) is 11.8 Å². The zero-order chi connectivity index (χ0) is 14.5. The van der Waals surface area contributed by atoms with Gasteiger partial charge in [-0.3, -0.25) is 9.59 Å². The van der Waals surface area contributed by atoms with Crippen LogP contribution in [-0.4, -0.2) is 31.7 Å². The summed E-state index contributed by atoms with van der Waals surface area (Å²) in [4.78, 5) is 22.5. The second-order valence-electron chi connectivity index (χ2n) is 4.72. The molecule has 1 N–H and O–H groups in total. The molecule has 1 aliphatic rings. The smallest absolute Gasteiger partial charge is 0.391 e. The van der Waals surface area contributed by atoms with E-state index in [0.29, 0.717) is 12.8 Å². The Labute approximate surface area is 109 Å². The van der Waals surface area contributed by atoms with Crippen molar-refractivity contribution < 1.29 is 27.5 Å². The lowest BCUT2D eigenvalue weighted by molar-refractivity contribution is -0.186. The number of carbonyl (C=O) groups is 2. The van der Waals surface area contributed by atoms with Crippen molar-refractivity contribution in [3.05, 3.63) is 0 Å². The summed E-state index contributed by atoms with van der Waals surface area (Å²) in [7, 11) is 1.24. The maximum absolute atomic E-state index is 12.6. The Morgan fingerprint density at radius 3 is 2.58 bits per heavy atom. The van der Waals surface area contributed by atoms with Gasteiger partial charge < -0.3 is 10.1 Å². The summed E-state index contributed by atoms with van der Waals surface area (Å²) >= 11 is 0. The Morgan fingerprint density at radius 2 is 2.00 bits per heavy atom. The highest BCUT2D eigenvalue weighted by Gasteiger charge is 2.43. The van der Waals surface area contributed by atoms with Crippen LogP contribution in [0.4, 0.5) is 13.2 Å². The van der Waals surface area contributed by atoms with Gasteiger partial charge in [0.05, 0.1) is 19.4 Å². The number of rotatable bonds is 4. The summed E-state index contributed by atoms with van der Waals surface area (Å²) in [6.07, 6.45) is -3.40. The van der Waals surface area contributed by atoms with E-state index in [1.807, 2.05) is 0 Å². The quantitative estimate of drug-likeness (QED) is 0.802. The van der Waals surface area contributed by atoms with Crippen molar-refractivity contribution in [2.45, 2.75) is 38.3 Å². The standard InChI is InChI=1S/C12H18F3NO3/c1-19-10(17)5-6-16-11(18)8-3-2-4-9(7-8)12(13,14)15/h8-9H,2-7H2,1H3,(H,16,18). The number of carbonyl (C=O) groups excluding carboxylic acids is 2. The van der Waals surface area contributed by atoms with E-state index in [9.17, 15) is 22.8 Å². The van der Waals surface area contributed by atoms with Gasteiger partial charge in [0.2, 0.25) is 5.91 Å². The fourth-order valence-corrected chi connectivity index (χ4v) is 2.26. The van der Waals surface area contributed by atoms with E-state index in [1.165, 1.54) is 7.11 Å². The van der Waals surface area contributed by atoms with Crippen LogP contribution in [-0.2, 0) is 14.3 Å². The topological polar surface area (TPSA) is 55.4 Å². The van der Waals surface area contributed by atoms with Gasteiger partial charge in [0.25, 0.3) is 0 Å². The molecule has 1 aliphatic carbocycles. The van der Waals surface area contributed by atoms with Crippen LogP contribution in [0.2, 0.25) is 0 Å². The minimum atomic E-state index is -4.23. The van der Waals surface area contributed by atoms with E-state index in [0.717, 1.165) is 0 Å². The third-order valence-corrected chi connectivity index (χ3v) is 3.36. The molecular formula is C12H18F3NO3. The number of hydrogen-bond acceptors (Lipinski definition) is 3. The Hall–Kier alpha value is -1.27. The van der Waals surface area contributed by atoms with Gasteiger partial charge in [0.1, 0.15) is 0 Å². The van der Waals surface area contributed by atoms with Gasteiger partial charge in [0.15, 0.2) is 0 Å². The molecule has 0 saturated heterocycles. The molecular weight excluding hydrogens is 263 g/mol. The van der Waals surface area contributed by atoms with Gasteiger partial charge in [-0.2, -0.15) is 13.2 Å². The highest BCUT2D eigenvalue weighted by Crippen LogP contribution is 2.39. The first kappa shape index (κ1) is 15.8. The van der Waals surface area contributed by atoms with E-state index in [1.54, 1.807) is 0 Å². The first-order chi connectivity index (χ1) is 8.84. The first-order valence-corrected chi connectivity index (χ1v) is 6.26. The van der Waals surface area contributed by atoms with Crippen LogP contribution in [0.15, 0.2) is 0 Å². The van der Waals surface area contributed by atoms with Gasteiger partial charge in [0, 0.05) is 12.5 Å². The molecule has 0 aliphatic heterocycles. The number of alkyl halides is 3. The van der Waals surface area contributed by atoms with Crippen molar-refractivity contribution in [3.8, 4) is 0 Å². The van der Waals surface area contributed by atoms with Crippen LogP contribution in [0, 0.1) is 11.8 Å². The predicted molar refractivity (Wildman–Crippen MR) is 61.1 cm³/mol. The van der Waals surface area contributed by atoms with E-state index >= 15 is 0 Å². The Kier molecular flexibility index (Phi) is 5.62. The lowest BCUT2D eigenvalue weighted by atomic mass is 9.80. The zero-order valence-corrected chi connectivity index (χ0v) is 10.8. The normalized spacial score (nSPS) is 23.8. The fourth-order valence-electron chi connectivity index (χ4n) is 2.26. The van der Waals surface area contributed by atoms with Crippen LogP contribution in [0.5, 0.6) is 0 Å². The van der Waals surface area contributed by atoms with Crippen LogP contribution in [0.3, 0.4) is 0 Å². The average Bonchev–Trinajstić information content (AvgIpc) is 2.37. The lowest BCUT2D eigenvalue weighted by Gasteiger charge is -2.29. The van der Waals surface area contributed by atoms with Gasteiger partial charge in [-0.25, -0.2) is 0 Å². The molecule has 0 heterocycles. The predicted octanol–water partition coefficient (Wildman–Crippen LogP) is 2.03. The minimum absolute atomic E-state index is 0.0255. The fraction of sp³-hybridized carbons (Fsp3) is 0.833. The number of methoxy groups -OCH3 is 1. The maximum atomic E-state index is 12.6. The molecule has 0 radical (unpaired) electrons. The SMILES string of the molecule is COC(=O)CCNC(=O)C1CCCC(C(F)(F)F)C1. The largest absolute Gasteiger partial charge is 0.469 e. The molecule has 0 bridgehead atoms. The summed E-state index contributed by atoms with van der Waals surface area (Å²) < 4.78 is 42.2. The third kappa shape index (κ3) is 5.08. The molecule has 19 heavy (non-hydrogen) atoms.